The van der Waals surface area contributed by atoms with Gasteiger partial charge in [-0.15, -0.1) is 0 Å². The number of hydrogen-bond donors (Lipinski definition) is 1. The molecule has 0 spiro atoms. The van der Waals surface area contributed by atoms with Crippen LogP contribution in [0.25, 0.3) is 0 Å². The van der Waals surface area contributed by atoms with E-state index in [2.05, 4.69) is 13.8 Å². The first-order valence-corrected chi connectivity index (χ1v) is 4.85. The zero-order chi connectivity index (χ0) is 11.4. The van der Waals surface area contributed by atoms with Gasteiger partial charge in [0.1, 0.15) is 0 Å². The molecular formula is C12H14O3. The van der Waals surface area contributed by atoms with E-state index in [1.807, 2.05) is 12.1 Å². The first kappa shape index (κ1) is 11.4. The first-order chi connectivity index (χ1) is 7.00. The van der Waals surface area contributed by atoms with Gasteiger partial charge in [0.15, 0.2) is 0 Å². The second-order valence-corrected chi connectivity index (χ2v) is 3.80. The third kappa shape index (κ3) is 3.20. The van der Waals surface area contributed by atoms with Crippen molar-refractivity contribution in [1.29, 1.82) is 0 Å². The molecule has 0 bridgehead atoms. The monoisotopic (exact) mass is 206 g/mol. The van der Waals surface area contributed by atoms with Crippen LogP contribution in [0.1, 0.15) is 30.9 Å². The smallest absolute Gasteiger partial charge is 0.372 e. The molecule has 0 saturated heterocycles. The van der Waals surface area contributed by atoms with Crippen LogP contribution in [-0.4, -0.2) is 16.9 Å². The molecule has 1 aromatic rings. The molecule has 1 rings (SSSR count). The first-order valence-electron chi connectivity index (χ1n) is 4.85. The molecule has 80 valence electrons. The van der Waals surface area contributed by atoms with Crippen molar-refractivity contribution in [1.82, 2.24) is 0 Å². The summed E-state index contributed by atoms with van der Waals surface area (Å²) >= 11 is 0. The highest BCUT2D eigenvalue weighted by atomic mass is 16.4. The predicted octanol–water partition coefficient (Wildman–Crippen LogP) is 2.01. The van der Waals surface area contributed by atoms with E-state index in [1.54, 1.807) is 12.1 Å². The van der Waals surface area contributed by atoms with Gasteiger partial charge in [-0.3, -0.25) is 4.79 Å². The molecular weight excluding hydrogens is 192 g/mol. The number of carboxylic acid groups (broad SMARTS) is 1. The van der Waals surface area contributed by atoms with Gasteiger partial charge in [0.2, 0.25) is 5.78 Å². The average molecular weight is 206 g/mol. The summed E-state index contributed by atoms with van der Waals surface area (Å²) in [5.41, 5.74) is 1.92. The van der Waals surface area contributed by atoms with Crippen molar-refractivity contribution < 1.29 is 14.7 Å². The Bertz CT molecular complexity index is 363. The Kier molecular flexibility index (Phi) is 3.61. The van der Waals surface area contributed by atoms with Gasteiger partial charge in [-0.2, -0.15) is 0 Å². The lowest BCUT2D eigenvalue weighted by atomic mass is 10.00. The second-order valence-electron chi connectivity index (χ2n) is 3.80. The zero-order valence-electron chi connectivity index (χ0n) is 8.86. The summed E-state index contributed by atoms with van der Waals surface area (Å²) < 4.78 is 0. The Morgan fingerprint density at radius 2 is 1.73 bits per heavy atom. The number of carboxylic acids is 1. The standard InChI is InChI=1S/C12H14O3/c1-8(2)10-5-3-9(4-6-10)7-11(13)12(14)15/h3-6,8H,7H2,1-2H3,(H,14,15). The second kappa shape index (κ2) is 4.73. The molecule has 0 aliphatic carbocycles. The van der Waals surface area contributed by atoms with Crippen molar-refractivity contribution >= 4 is 11.8 Å². The highest BCUT2D eigenvalue weighted by Crippen LogP contribution is 2.14. The quantitative estimate of drug-likeness (QED) is 0.766. The van der Waals surface area contributed by atoms with Crippen LogP contribution in [0.2, 0.25) is 0 Å². The highest BCUT2D eigenvalue weighted by molar-refractivity contribution is 6.33. The molecule has 0 atom stereocenters. The summed E-state index contributed by atoms with van der Waals surface area (Å²) in [6.07, 6.45) is -0.0340. The molecule has 0 unspecified atom stereocenters. The molecule has 3 nitrogen and oxygen atoms in total. The molecule has 1 aromatic carbocycles. The van der Waals surface area contributed by atoms with Crippen molar-refractivity contribution in [3.63, 3.8) is 0 Å². The Hall–Kier alpha value is -1.64. The zero-order valence-corrected chi connectivity index (χ0v) is 8.86. The van der Waals surface area contributed by atoms with Crippen molar-refractivity contribution in [3.05, 3.63) is 35.4 Å². The van der Waals surface area contributed by atoms with Gasteiger partial charge < -0.3 is 5.11 Å². The van der Waals surface area contributed by atoms with Gasteiger partial charge in [-0.05, 0) is 17.0 Å². The Morgan fingerprint density at radius 3 is 2.13 bits per heavy atom. The molecule has 15 heavy (non-hydrogen) atoms. The number of benzene rings is 1. The number of aliphatic carboxylic acids is 1. The molecule has 0 heterocycles. The van der Waals surface area contributed by atoms with Gasteiger partial charge in [0, 0.05) is 6.42 Å². The number of Topliss-reactive ketones (excluding diaryl/α,β-unsaturated/α-hetero) is 1. The molecule has 0 aliphatic heterocycles. The normalized spacial score (nSPS) is 10.3. The largest absolute Gasteiger partial charge is 0.475 e. The maximum absolute atomic E-state index is 10.9. The fourth-order valence-electron chi connectivity index (χ4n) is 1.28. The minimum absolute atomic E-state index is 0.0340. The Labute approximate surface area is 88.7 Å². The molecule has 1 N–H and O–H groups in total. The summed E-state index contributed by atoms with van der Waals surface area (Å²) in [4.78, 5) is 21.3. The van der Waals surface area contributed by atoms with Gasteiger partial charge in [0.05, 0.1) is 0 Å². The minimum Gasteiger partial charge on any atom is -0.475 e. The van der Waals surface area contributed by atoms with Gasteiger partial charge >= 0.3 is 5.97 Å². The number of hydrogen-bond acceptors (Lipinski definition) is 2. The SMILES string of the molecule is CC(C)c1ccc(CC(=O)C(=O)O)cc1. The summed E-state index contributed by atoms with van der Waals surface area (Å²) in [6.45, 7) is 4.16. The minimum atomic E-state index is -1.37. The third-order valence-corrected chi connectivity index (χ3v) is 2.25. The van der Waals surface area contributed by atoms with E-state index in [1.165, 1.54) is 5.56 Å². The Balaban J connectivity index is 2.73. The molecule has 0 radical (unpaired) electrons. The maximum Gasteiger partial charge on any atom is 0.372 e. The predicted molar refractivity (Wildman–Crippen MR) is 56.9 cm³/mol. The van der Waals surface area contributed by atoms with E-state index in [0.717, 1.165) is 5.56 Å². The van der Waals surface area contributed by atoms with Crippen LogP contribution < -0.4 is 0 Å². The van der Waals surface area contributed by atoms with Crippen molar-refractivity contribution in [3.8, 4) is 0 Å². The summed E-state index contributed by atoms with van der Waals surface area (Å²) in [5.74, 6) is -1.70. The summed E-state index contributed by atoms with van der Waals surface area (Å²) in [6, 6.07) is 7.45. The third-order valence-electron chi connectivity index (χ3n) is 2.25. The lowest BCUT2D eigenvalue weighted by Crippen LogP contribution is -2.14. The van der Waals surface area contributed by atoms with Crippen molar-refractivity contribution in [2.45, 2.75) is 26.2 Å². The van der Waals surface area contributed by atoms with Gasteiger partial charge in [-0.1, -0.05) is 38.1 Å². The molecule has 3 heteroatoms. The van der Waals surface area contributed by atoms with Crippen molar-refractivity contribution in [2.24, 2.45) is 0 Å². The number of rotatable bonds is 4. The molecule has 0 saturated carbocycles. The van der Waals surface area contributed by atoms with Crippen LogP contribution >= 0.6 is 0 Å². The van der Waals surface area contributed by atoms with Crippen LogP contribution in [0.3, 0.4) is 0 Å². The van der Waals surface area contributed by atoms with Crippen LogP contribution in [0.4, 0.5) is 0 Å². The lowest BCUT2D eigenvalue weighted by Gasteiger charge is -2.05. The number of carbonyl (C=O) groups excluding carboxylic acids is 1. The topological polar surface area (TPSA) is 54.4 Å². The summed E-state index contributed by atoms with van der Waals surface area (Å²) in [7, 11) is 0. The highest BCUT2D eigenvalue weighted by Gasteiger charge is 2.11. The van der Waals surface area contributed by atoms with E-state index >= 15 is 0 Å². The van der Waals surface area contributed by atoms with Crippen LogP contribution in [-0.2, 0) is 16.0 Å². The van der Waals surface area contributed by atoms with E-state index in [9.17, 15) is 9.59 Å². The molecule has 0 aliphatic rings. The molecule has 0 fully saturated rings. The van der Waals surface area contributed by atoms with Crippen LogP contribution in [0, 0.1) is 0 Å². The number of ketones is 1. The maximum atomic E-state index is 10.9. The Morgan fingerprint density at radius 1 is 1.20 bits per heavy atom. The lowest BCUT2D eigenvalue weighted by molar-refractivity contribution is -0.148. The molecule has 0 aromatic heterocycles. The number of carbonyl (C=O) groups is 2. The van der Waals surface area contributed by atoms with Crippen molar-refractivity contribution in [2.75, 3.05) is 0 Å². The van der Waals surface area contributed by atoms with E-state index in [0.29, 0.717) is 5.92 Å². The van der Waals surface area contributed by atoms with Crippen LogP contribution in [0.15, 0.2) is 24.3 Å². The van der Waals surface area contributed by atoms with E-state index in [-0.39, 0.29) is 6.42 Å². The fourth-order valence-corrected chi connectivity index (χ4v) is 1.28. The van der Waals surface area contributed by atoms with Crippen LogP contribution in [0.5, 0.6) is 0 Å². The van der Waals surface area contributed by atoms with E-state index < -0.39 is 11.8 Å². The fraction of sp³-hybridized carbons (Fsp3) is 0.333. The average Bonchev–Trinajstić information content (AvgIpc) is 2.18. The molecule has 0 amide bonds. The van der Waals surface area contributed by atoms with Gasteiger partial charge in [-0.25, -0.2) is 4.79 Å². The summed E-state index contributed by atoms with van der Waals surface area (Å²) in [5, 5.41) is 8.44. The van der Waals surface area contributed by atoms with Gasteiger partial charge in [0.25, 0.3) is 0 Å². The van der Waals surface area contributed by atoms with E-state index in [4.69, 9.17) is 5.11 Å².